The fourth-order valence-electron chi connectivity index (χ4n) is 3.18. The highest BCUT2D eigenvalue weighted by Gasteiger charge is 2.36. The zero-order valence-corrected chi connectivity index (χ0v) is 14.0. The second-order valence-corrected chi connectivity index (χ2v) is 7.23. The molecule has 2 aromatic rings. The molecule has 0 spiro atoms. The molecule has 3 rings (SSSR count). The molecule has 6 heteroatoms. The molecule has 1 amide bonds. The van der Waals surface area contributed by atoms with Crippen LogP contribution in [0.3, 0.4) is 0 Å². The maximum Gasteiger partial charge on any atom is 0.407 e. The van der Waals surface area contributed by atoms with E-state index in [2.05, 4.69) is 31.0 Å². The van der Waals surface area contributed by atoms with Gasteiger partial charge in [0.15, 0.2) is 0 Å². The zero-order valence-electron chi connectivity index (χ0n) is 14.0. The Morgan fingerprint density at radius 2 is 2.00 bits per heavy atom. The van der Waals surface area contributed by atoms with Crippen LogP contribution in [0, 0.1) is 5.41 Å². The van der Waals surface area contributed by atoms with Crippen molar-refractivity contribution in [3.63, 3.8) is 0 Å². The van der Waals surface area contributed by atoms with E-state index in [4.69, 9.17) is 0 Å². The van der Waals surface area contributed by atoms with Crippen molar-refractivity contribution in [2.45, 2.75) is 33.2 Å². The molecular weight excluding hydrogens is 306 g/mol. The lowest BCUT2D eigenvalue weighted by Crippen LogP contribution is -2.48. The summed E-state index contributed by atoms with van der Waals surface area (Å²) < 4.78 is 0. The van der Waals surface area contributed by atoms with Gasteiger partial charge >= 0.3 is 6.09 Å². The second kappa shape index (κ2) is 5.78. The number of hydrogen-bond donors (Lipinski definition) is 2. The van der Waals surface area contributed by atoms with E-state index in [-0.39, 0.29) is 17.3 Å². The first kappa shape index (κ1) is 16.2. The summed E-state index contributed by atoms with van der Waals surface area (Å²) in [5, 5.41) is 27.4. The van der Waals surface area contributed by atoms with E-state index in [1.54, 1.807) is 6.07 Å². The number of carbonyl (C=O) groups is 1. The van der Waals surface area contributed by atoms with Gasteiger partial charge in [-0.05, 0) is 29.0 Å². The van der Waals surface area contributed by atoms with E-state index < -0.39 is 6.09 Å². The predicted octanol–water partition coefficient (Wildman–Crippen LogP) is 3.52. The van der Waals surface area contributed by atoms with Crippen LogP contribution in [0.1, 0.15) is 32.8 Å². The fraction of sp³-hybridized carbons (Fsp3) is 0.389. The molecule has 2 N–H and O–H groups in total. The molecule has 0 saturated heterocycles. The number of hydrogen-bond acceptors (Lipinski definition) is 4. The van der Waals surface area contributed by atoms with Gasteiger partial charge in [0.25, 0.3) is 0 Å². The van der Waals surface area contributed by atoms with Gasteiger partial charge in [0.05, 0.1) is 5.52 Å². The minimum atomic E-state index is -0.884. The van der Waals surface area contributed by atoms with Crippen LogP contribution < -0.4 is 0 Å². The van der Waals surface area contributed by atoms with E-state index in [0.717, 1.165) is 16.5 Å². The highest BCUT2D eigenvalue weighted by atomic mass is 16.4. The first-order chi connectivity index (χ1) is 11.3. The lowest BCUT2D eigenvalue weighted by Gasteiger charge is -2.41. The van der Waals surface area contributed by atoms with E-state index in [9.17, 15) is 15.0 Å². The average molecular weight is 327 g/mol. The Labute approximate surface area is 140 Å². The summed E-state index contributed by atoms with van der Waals surface area (Å²) in [5.41, 5.74) is 2.69. The third-order valence-corrected chi connectivity index (χ3v) is 4.52. The highest BCUT2D eigenvalue weighted by Crippen LogP contribution is 2.36. The molecule has 0 bridgehead atoms. The molecule has 0 aliphatic carbocycles. The summed E-state index contributed by atoms with van der Waals surface area (Å²) in [7, 11) is 0. The van der Waals surface area contributed by atoms with Crippen molar-refractivity contribution in [2.75, 3.05) is 6.54 Å². The minimum Gasteiger partial charge on any atom is -0.492 e. The van der Waals surface area contributed by atoms with Gasteiger partial charge in [-0.3, -0.25) is 0 Å². The Balaban J connectivity index is 1.97. The Kier molecular flexibility index (Phi) is 3.91. The summed E-state index contributed by atoms with van der Waals surface area (Å²) in [5.74, 6) is -0.1000. The molecule has 1 aromatic heterocycles. The van der Waals surface area contributed by atoms with E-state index in [0.29, 0.717) is 18.5 Å². The maximum atomic E-state index is 11.5. The summed E-state index contributed by atoms with van der Waals surface area (Å²) in [6.45, 7) is 6.56. The Morgan fingerprint density at radius 3 is 2.67 bits per heavy atom. The van der Waals surface area contributed by atoms with Crippen molar-refractivity contribution in [1.29, 1.82) is 0 Å². The Morgan fingerprint density at radius 1 is 1.25 bits per heavy atom. The zero-order chi connectivity index (χ0) is 17.5. The Hall–Kier alpha value is -2.63. The van der Waals surface area contributed by atoms with Crippen molar-refractivity contribution in [1.82, 2.24) is 15.1 Å². The number of amides is 1. The number of rotatable bonds is 1. The molecule has 0 saturated carbocycles. The first-order valence-electron chi connectivity index (χ1n) is 7.91. The van der Waals surface area contributed by atoms with Crippen LogP contribution in [0.5, 0.6) is 5.88 Å². The van der Waals surface area contributed by atoms with Gasteiger partial charge in [-0.15, -0.1) is 10.2 Å². The Bertz CT molecular complexity index is 824. The second-order valence-electron chi connectivity index (χ2n) is 7.23. The maximum absolute atomic E-state index is 11.5. The van der Waals surface area contributed by atoms with Gasteiger partial charge < -0.3 is 15.1 Å². The van der Waals surface area contributed by atoms with Crippen LogP contribution in [-0.2, 0) is 0 Å². The van der Waals surface area contributed by atoms with Gasteiger partial charge in [-0.25, -0.2) is 4.79 Å². The first-order valence-corrected chi connectivity index (χ1v) is 7.91. The molecule has 1 unspecified atom stereocenters. The summed E-state index contributed by atoms with van der Waals surface area (Å²) >= 11 is 0. The summed E-state index contributed by atoms with van der Waals surface area (Å²) in [6.07, 6.45) is 1.74. The van der Waals surface area contributed by atoms with Crippen molar-refractivity contribution >= 4 is 22.6 Å². The monoisotopic (exact) mass is 327 g/mol. The van der Waals surface area contributed by atoms with Crippen LogP contribution in [0.4, 0.5) is 4.79 Å². The molecule has 1 aromatic carbocycles. The van der Waals surface area contributed by atoms with Crippen molar-refractivity contribution in [3.05, 3.63) is 35.9 Å². The van der Waals surface area contributed by atoms with Gasteiger partial charge in [-0.2, -0.15) is 0 Å². The van der Waals surface area contributed by atoms with Gasteiger partial charge in [0, 0.05) is 24.0 Å². The number of fused-ring (bicyclic) bond motifs is 1. The molecule has 126 valence electrons. The van der Waals surface area contributed by atoms with Gasteiger partial charge in [0.2, 0.25) is 5.88 Å². The highest BCUT2D eigenvalue weighted by molar-refractivity contribution is 5.84. The normalized spacial score (nSPS) is 18.5. The molecule has 24 heavy (non-hydrogen) atoms. The number of aromatic nitrogens is 2. The van der Waals surface area contributed by atoms with E-state index in [1.807, 2.05) is 24.3 Å². The van der Waals surface area contributed by atoms with Crippen LogP contribution >= 0.6 is 0 Å². The lowest BCUT2D eigenvalue weighted by molar-refractivity contribution is 0.0884. The van der Waals surface area contributed by atoms with Crippen LogP contribution in [0.2, 0.25) is 0 Å². The van der Waals surface area contributed by atoms with Crippen molar-refractivity contribution in [3.8, 4) is 5.88 Å². The fourth-order valence-corrected chi connectivity index (χ4v) is 3.18. The largest absolute Gasteiger partial charge is 0.492 e. The number of aromatic hydroxyl groups is 1. The number of nitrogens with zero attached hydrogens (tertiary/aromatic N) is 3. The molecule has 2 heterocycles. The standard InChI is InChI=1S/C18H21N3O3/c1-18(2,3)15-9-12(6-7-21(15)17(23)24)11-4-5-13-10-16(22)20-19-14(13)8-11/h4-6,8,10,15H,7,9H2,1-3H3,(H,20,22)(H,23,24). The van der Waals surface area contributed by atoms with E-state index >= 15 is 0 Å². The lowest BCUT2D eigenvalue weighted by atomic mass is 9.79. The average Bonchev–Trinajstić information content (AvgIpc) is 2.53. The minimum absolute atomic E-state index is 0.0865. The van der Waals surface area contributed by atoms with Gasteiger partial charge in [-0.1, -0.05) is 39.0 Å². The van der Waals surface area contributed by atoms with Crippen molar-refractivity contribution in [2.24, 2.45) is 5.41 Å². The number of carboxylic acid groups (broad SMARTS) is 1. The molecular formula is C18H21N3O3. The molecule has 0 radical (unpaired) electrons. The quantitative estimate of drug-likeness (QED) is 0.837. The molecule has 6 nitrogen and oxygen atoms in total. The number of benzene rings is 1. The SMILES string of the molecule is CC(C)(C)C1CC(c2ccc3cc(O)nnc3c2)=CCN1C(=O)O. The summed E-state index contributed by atoms with van der Waals surface area (Å²) in [4.78, 5) is 13.0. The molecule has 1 aliphatic rings. The van der Waals surface area contributed by atoms with E-state index in [1.165, 1.54) is 4.90 Å². The molecule has 0 fully saturated rings. The summed E-state index contributed by atoms with van der Waals surface area (Å²) in [6, 6.07) is 7.30. The topological polar surface area (TPSA) is 86.6 Å². The third-order valence-electron chi connectivity index (χ3n) is 4.52. The van der Waals surface area contributed by atoms with Crippen LogP contribution in [0.25, 0.3) is 16.5 Å². The smallest absolute Gasteiger partial charge is 0.407 e. The van der Waals surface area contributed by atoms with Crippen LogP contribution in [-0.4, -0.2) is 44.0 Å². The van der Waals surface area contributed by atoms with Crippen molar-refractivity contribution < 1.29 is 15.0 Å². The third kappa shape index (κ3) is 3.04. The predicted molar refractivity (Wildman–Crippen MR) is 91.8 cm³/mol. The molecule has 1 atom stereocenters. The molecule has 1 aliphatic heterocycles. The van der Waals surface area contributed by atoms with Gasteiger partial charge in [0.1, 0.15) is 0 Å². The van der Waals surface area contributed by atoms with Crippen LogP contribution in [0.15, 0.2) is 30.3 Å².